The van der Waals surface area contributed by atoms with Crippen molar-refractivity contribution in [2.45, 2.75) is 26.4 Å². The van der Waals surface area contributed by atoms with Crippen LogP contribution in [-0.2, 0) is 24.9 Å². The van der Waals surface area contributed by atoms with Gasteiger partial charge < -0.3 is 5.32 Å². The Hall–Kier alpha value is -2.71. The van der Waals surface area contributed by atoms with E-state index in [9.17, 15) is 14.9 Å². The maximum Gasteiger partial charge on any atom is 0.306 e. The van der Waals surface area contributed by atoms with Crippen molar-refractivity contribution < 1.29 is 9.72 Å². The second-order valence-corrected chi connectivity index (χ2v) is 4.65. The Morgan fingerprint density at radius 2 is 2.29 bits per heavy atom. The summed E-state index contributed by atoms with van der Waals surface area (Å²) in [4.78, 5) is 21.7. The Balaban J connectivity index is 1.77. The van der Waals surface area contributed by atoms with Crippen molar-refractivity contribution in [3.05, 3.63) is 40.0 Å². The quantitative estimate of drug-likeness (QED) is 0.617. The van der Waals surface area contributed by atoms with Gasteiger partial charge in [0.05, 0.1) is 17.2 Å². The molecule has 0 radical (unpaired) electrons. The highest BCUT2D eigenvalue weighted by Gasteiger charge is 2.10. The van der Waals surface area contributed by atoms with Crippen molar-refractivity contribution in [3.63, 3.8) is 0 Å². The summed E-state index contributed by atoms with van der Waals surface area (Å²) in [5, 5.41) is 21.3. The Labute approximate surface area is 120 Å². The number of carbonyl (C=O) groups is 1. The van der Waals surface area contributed by atoms with Crippen LogP contribution in [0.2, 0.25) is 0 Å². The van der Waals surface area contributed by atoms with Crippen LogP contribution in [-0.4, -0.2) is 30.4 Å². The first-order valence-electron chi connectivity index (χ1n) is 6.39. The van der Waals surface area contributed by atoms with Crippen LogP contribution in [0.25, 0.3) is 0 Å². The Morgan fingerprint density at radius 3 is 2.86 bits per heavy atom. The molecule has 0 aliphatic rings. The van der Waals surface area contributed by atoms with Gasteiger partial charge in [-0.15, -0.1) is 0 Å². The molecule has 9 heteroatoms. The Morgan fingerprint density at radius 1 is 1.52 bits per heavy atom. The number of aryl methyl sites for hydroxylation is 3. The average molecular weight is 292 g/mol. The molecule has 2 heterocycles. The lowest BCUT2D eigenvalue weighted by Crippen LogP contribution is -2.24. The zero-order chi connectivity index (χ0) is 15.4. The number of nitro groups is 1. The summed E-state index contributed by atoms with van der Waals surface area (Å²) >= 11 is 0. The molecule has 1 N–H and O–H groups in total. The van der Waals surface area contributed by atoms with Gasteiger partial charge in [0.15, 0.2) is 0 Å². The van der Waals surface area contributed by atoms with Crippen molar-refractivity contribution in [1.82, 2.24) is 24.9 Å². The molecule has 0 aliphatic heterocycles. The van der Waals surface area contributed by atoms with Crippen LogP contribution >= 0.6 is 0 Å². The molecule has 0 saturated heterocycles. The SMILES string of the molecule is Cc1cc(CNC(=O)CCn2cc([N+](=O)[O-])cn2)nn1C. The fourth-order valence-electron chi connectivity index (χ4n) is 1.78. The number of hydrogen-bond donors (Lipinski definition) is 1. The minimum absolute atomic E-state index is 0.0839. The topological polar surface area (TPSA) is 108 Å². The number of hydrogen-bond acceptors (Lipinski definition) is 5. The molecule has 0 fully saturated rings. The van der Waals surface area contributed by atoms with Gasteiger partial charge in [-0.05, 0) is 13.0 Å². The number of aromatic nitrogens is 4. The summed E-state index contributed by atoms with van der Waals surface area (Å²) in [5.41, 5.74) is 1.72. The second-order valence-electron chi connectivity index (χ2n) is 4.65. The van der Waals surface area contributed by atoms with Gasteiger partial charge in [0.1, 0.15) is 12.4 Å². The minimum atomic E-state index is -0.521. The highest BCUT2D eigenvalue weighted by Crippen LogP contribution is 2.08. The number of rotatable bonds is 6. The third kappa shape index (κ3) is 3.88. The normalized spacial score (nSPS) is 10.6. The van der Waals surface area contributed by atoms with Gasteiger partial charge in [0.2, 0.25) is 5.91 Å². The van der Waals surface area contributed by atoms with Crippen molar-refractivity contribution in [3.8, 4) is 0 Å². The maximum atomic E-state index is 11.7. The summed E-state index contributed by atoms with van der Waals surface area (Å²) in [6.45, 7) is 2.59. The van der Waals surface area contributed by atoms with Gasteiger partial charge in [-0.1, -0.05) is 0 Å². The van der Waals surface area contributed by atoms with Crippen molar-refractivity contribution in [2.75, 3.05) is 0 Å². The van der Waals surface area contributed by atoms with E-state index in [1.54, 1.807) is 4.68 Å². The fraction of sp³-hybridized carbons (Fsp3) is 0.417. The zero-order valence-corrected chi connectivity index (χ0v) is 11.8. The van der Waals surface area contributed by atoms with Gasteiger partial charge in [0, 0.05) is 25.7 Å². The van der Waals surface area contributed by atoms with E-state index < -0.39 is 4.92 Å². The van der Waals surface area contributed by atoms with Gasteiger partial charge in [-0.25, -0.2) is 0 Å². The molecule has 9 nitrogen and oxygen atoms in total. The minimum Gasteiger partial charge on any atom is -0.350 e. The average Bonchev–Trinajstić information content (AvgIpc) is 3.02. The molecule has 2 rings (SSSR count). The van der Waals surface area contributed by atoms with Gasteiger partial charge in [0.25, 0.3) is 0 Å². The fourth-order valence-corrected chi connectivity index (χ4v) is 1.78. The lowest BCUT2D eigenvalue weighted by Gasteiger charge is -2.03. The molecule has 0 unspecified atom stereocenters. The molecule has 0 atom stereocenters. The first-order valence-corrected chi connectivity index (χ1v) is 6.39. The smallest absolute Gasteiger partial charge is 0.306 e. The van der Waals surface area contributed by atoms with E-state index in [0.717, 1.165) is 17.6 Å². The lowest BCUT2D eigenvalue weighted by atomic mass is 10.3. The van der Waals surface area contributed by atoms with Crippen LogP contribution in [0.1, 0.15) is 17.8 Å². The third-order valence-corrected chi connectivity index (χ3v) is 3.03. The molecule has 2 aromatic heterocycles. The largest absolute Gasteiger partial charge is 0.350 e. The van der Waals surface area contributed by atoms with Crippen LogP contribution in [0.3, 0.4) is 0 Å². The van der Waals surface area contributed by atoms with E-state index in [1.807, 2.05) is 20.0 Å². The molecule has 112 valence electrons. The van der Waals surface area contributed by atoms with E-state index in [4.69, 9.17) is 0 Å². The highest BCUT2D eigenvalue weighted by molar-refractivity contribution is 5.75. The van der Waals surface area contributed by atoms with E-state index in [0.29, 0.717) is 13.1 Å². The molecular weight excluding hydrogens is 276 g/mol. The molecule has 2 aromatic rings. The summed E-state index contributed by atoms with van der Waals surface area (Å²) in [7, 11) is 1.84. The molecule has 0 bridgehead atoms. The molecule has 1 amide bonds. The Bertz CT molecular complexity index is 640. The number of amides is 1. The zero-order valence-electron chi connectivity index (χ0n) is 11.8. The van der Waals surface area contributed by atoms with Crippen LogP contribution in [0.15, 0.2) is 18.5 Å². The molecule has 0 aliphatic carbocycles. The van der Waals surface area contributed by atoms with Gasteiger partial charge in [-0.3, -0.25) is 24.3 Å². The van der Waals surface area contributed by atoms with E-state index in [2.05, 4.69) is 15.5 Å². The first kappa shape index (κ1) is 14.7. The molecular formula is C12H16N6O3. The summed E-state index contributed by atoms with van der Waals surface area (Å²) in [6.07, 6.45) is 2.66. The molecule has 0 aromatic carbocycles. The highest BCUT2D eigenvalue weighted by atomic mass is 16.6. The summed E-state index contributed by atoms with van der Waals surface area (Å²) in [6, 6.07) is 1.90. The monoisotopic (exact) mass is 292 g/mol. The predicted octanol–water partition coefficient (Wildman–Crippen LogP) is 0.540. The van der Waals surface area contributed by atoms with E-state index in [-0.39, 0.29) is 18.0 Å². The van der Waals surface area contributed by atoms with E-state index >= 15 is 0 Å². The van der Waals surface area contributed by atoms with E-state index in [1.165, 1.54) is 10.9 Å². The van der Waals surface area contributed by atoms with Crippen LogP contribution in [0.5, 0.6) is 0 Å². The van der Waals surface area contributed by atoms with Crippen molar-refractivity contribution >= 4 is 11.6 Å². The van der Waals surface area contributed by atoms with Gasteiger partial charge in [-0.2, -0.15) is 10.2 Å². The summed E-state index contributed by atoms with van der Waals surface area (Å²) in [5.74, 6) is -0.156. The number of nitrogens with one attached hydrogen (secondary N) is 1. The lowest BCUT2D eigenvalue weighted by molar-refractivity contribution is -0.385. The van der Waals surface area contributed by atoms with Crippen LogP contribution in [0, 0.1) is 17.0 Å². The third-order valence-electron chi connectivity index (χ3n) is 3.03. The molecule has 0 spiro atoms. The molecule has 21 heavy (non-hydrogen) atoms. The first-order chi connectivity index (χ1) is 9.95. The van der Waals surface area contributed by atoms with Crippen molar-refractivity contribution in [2.24, 2.45) is 7.05 Å². The number of nitrogens with zero attached hydrogens (tertiary/aromatic N) is 5. The second kappa shape index (κ2) is 6.16. The van der Waals surface area contributed by atoms with Gasteiger partial charge >= 0.3 is 5.69 Å². The van der Waals surface area contributed by atoms with Crippen molar-refractivity contribution in [1.29, 1.82) is 0 Å². The number of carbonyl (C=O) groups excluding carboxylic acids is 1. The predicted molar refractivity (Wildman–Crippen MR) is 73.3 cm³/mol. The Kier molecular flexibility index (Phi) is 4.31. The standard InChI is InChI=1S/C12H16N6O3/c1-9-5-10(15-16(9)2)6-13-12(19)3-4-17-8-11(7-14-17)18(20)21/h5,7-8H,3-4,6H2,1-2H3,(H,13,19). The van der Waals surface area contributed by atoms with Crippen LogP contribution in [0.4, 0.5) is 5.69 Å². The molecule has 0 saturated carbocycles. The maximum absolute atomic E-state index is 11.7. The van der Waals surface area contributed by atoms with Crippen LogP contribution < -0.4 is 5.32 Å². The summed E-state index contributed by atoms with van der Waals surface area (Å²) < 4.78 is 3.12.